The van der Waals surface area contributed by atoms with Crippen LogP contribution in [-0.2, 0) is 14.6 Å². The largest absolute Gasteiger partial charge is 0.480 e. The van der Waals surface area contributed by atoms with Crippen LogP contribution in [0.4, 0.5) is 4.39 Å². The van der Waals surface area contributed by atoms with Gasteiger partial charge in [0.2, 0.25) is 0 Å². The lowest BCUT2D eigenvalue weighted by molar-refractivity contribution is -0.136. The van der Waals surface area contributed by atoms with Crippen LogP contribution in [0.2, 0.25) is 0 Å². The quantitative estimate of drug-likeness (QED) is 0.873. The smallest absolute Gasteiger partial charge is 0.322 e. The molecule has 0 aliphatic carbocycles. The molecule has 1 aromatic carbocycles. The zero-order valence-corrected chi connectivity index (χ0v) is 9.37. The third kappa shape index (κ3) is 2.21. The van der Waals surface area contributed by atoms with Crippen molar-refractivity contribution in [1.29, 1.82) is 0 Å². The number of rotatable bonds is 4. The molecule has 0 saturated heterocycles. The zero-order chi connectivity index (χ0) is 12.3. The SMILES string of the molecule is CCC(C(=O)O)S(=O)(=O)c1ccccc1F. The van der Waals surface area contributed by atoms with Gasteiger partial charge in [-0.3, -0.25) is 4.79 Å². The summed E-state index contributed by atoms with van der Waals surface area (Å²) < 4.78 is 36.9. The Morgan fingerprint density at radius 2 is 2.00 bits per heavy atom. The van der Waals surface area contributed by atoms with E-state index in [0.717, 1.165) is 12.1 Å². The summed E-state index contributed by atoms with van der Waals surface area (Å²) >= 11 is 0. The lowest BCUT2D eigenvalue weighted by atomic mass is 10.3. The Bertz CT molecular complexity index is 495. The number of aliphatic carboxylic acids is 1. The monoisotopic (exact) mass is 246 g/mol. The molecule has 6 heteroatoms. The van der Waals surface area contributed by atoms with Crippen LogP contribution < -0.4 is 0 Å². The highest BCUT2D eigenvalue weighted by atomic mass is 32.2. The second kappa shape index (κ2) is 4.61. The third-order valence-electron chi connectivity index (χ3n) is 2.16. The summed E-state index contributed by atoms with van der Waals surface area (Å²) in [6, 6.07) is 4.75. The maximum absolute atomic E-state index is 13.3. The van der Waals surface area contributed by atoms with Gasteiger partial charge in [0.25, 0.3) is 0 Å². The minimum Gasteiger partial charge on any atom is -0.480 e. The van der Waals surface area contributed by atoms with Gasteiger partial charge >= 0.3 is 5.97 Å². The summed E-state index contributed by atoms with van der Waals surface area (Å²) in [5.41, 5.74) is 0. The minimum atomic E-state index is -4.16. The van der Waals surface area contributed by atoms with Gasteiger partial charge in [0, 0.05) is 0 Å². The molecule has 0 amide bonds. The number of carbonyl (C=O) groups is 1. The molecule has 0 fully saturated rings. The van der Waals surface area contributed by atoms with Crippen molar-refractivity contribution in [3.05, 3.63) is 30.1 Å². The first-order valence-electron chi connectivity index (χ1n) is 4.62. The van der Waals surface area contributed by atoms with Gasteiger partial charge in [-0.25, -0.2) is 12.8 Å². The van der Waals surface area contributed by atoms with E-state index in [1.54, 1.807) is 0 Å². The average molecular weight is 246 g/mol. The van der Waals surface area contributed by atoms with Gasteiger partial charge in [0.1, 0.15) is 10.7 Å². The Hall–Kier alpha value is -1.43. The molecule has 1 N–H and O–H groups in total. The molecule has 0 heterocycles. The molecule has 0 aliphatic rings. The van der Waals surface area contributed by atoms with Crippen LogP contribution in [-0.4, -0.2) is 24.7 Å². The normalized spacial score (nSPS) is 13.4. The van der Waals surface area contributed by atoms with Gasteiger partial charge in [-0.05, 0) is 18.6 Å². The van der Waals surface area contributed by atoms with Gasteiger partial charge in [-0.15, -0.1) is 0 Å². The molecular formula is C10H11FO4S. The molecule has 4 nitrogen and oxygen atoms in total. The van der Waals surface area contributed by atoms with Gasteiger partial charge in [0.05, 0.1) is 0 Å². The topological polar surface area (TPSA) is 71.4 Å². The van der Waals surface area contributed by atoms with Crippen molar-refractivity contribution in [2.75, 3.05) is 0 Å². The maximum Gasteiger partial charge on any atom is 0.322 e. The first-order chi connectivity index (χ1) is 7.41. The summed E-state index contributed by atoms with van der Waals surface area (Å²) in [6.45, 7) is 1.43. The fraction of sp³-hybridized carbons (Fsp3) is 0.300. The van der Waals surface area contributed by atoms with E-state index in [1.807, 2.05) is 0 Å². The van der Waals surface area contributed by atoms with E-state index in [0.29, 0.717) is 0 Å². The summed E-state index contributed by atoms with van der Waals surface area (Å²) in [5.74, 6) is -2.40. The Morgan fingerprint density at radius 3 is 2.44 bits per heavy atom. The van der Waals surface area contributed by atoms with Crippen molar-refractivity contribution in [3.63, 3.8) is 0 Å². The van der Waals surface area contributed by atoms with Crippen molar-refractivity contribution in [1.82, 2.24) is 0 Å². The van der Waals surface area contributed by atoms with Gasteiger partial charge in [-0.1, -0.05) is 19.1 Å². The molecule has 0 aliphatic heterocycles. The molecule has 0 spiro atoms. The first kappa shape index (κ1) is 12.6. The van der Waals surface area contributed by atoms with E-state index in [2.05, 4.69) is 0 Å². The third-order valence-corrected chi connectivity index (χ3v) is 4.39. The van der Waals surface area contributed by atoms with E-state index < -0.39 is 31.8 Å². The zero-order valence-electron chi connectivity index (χ0n) is 8.55. The lowest BCUT2D eigenvalue weighted by Crippen LogP contribution is -2.30. The number of hydrogen-bond acceptors (Lipinski definition) is 3. The van der Waals surface area contributed by atoms with E-state index in [4.69, 9.17) is 5.11 Å². The van der Waals surface area contributed by atoms with Crippen LogP contribution in [0.1, 0.15) is 13.3 Å². The molecular weight excluding hydrogens is 235 g/mol. The fourth-order valence-electron chi connectivity index (χ4n) is 1.36. The summed E-state index contributed by atoms with van der Waals surface area (Å²) in [4.78, 5) is 10.2. The van der Waals surface area contributed by atoms with Crippen LogP contribution in [0.25, 0.3) is 0 Å². The van der Waals surface area contributed by atoms with Crippen molar-refractivity contribution < 1.29 is 22.7 Å². The predicted octanol–water partition coefficient (Wildman–Crippen LogP) is 1.46. The first-order valence-corrected chi connectivity index (χ1v) is 6.17. The van der Waals surface area contributed by atoms with Crippen LogP contribution >= 0.6 is 0 Å². The number of sulfone groups is 1. The van der Waals surface area contributed by atoms with Crippen LogP contribution in [0.3, 0.4) is 0 Å². The standard InChI is InChI=1S/C10H11FO4S/c1-2-8(10(12)13)16(14,15)9-6-4-3-5-7(9)11/h3-6,8H,2H2,1H3,(H,12,13). The van der Waals surface area contributed by atoms with Crippen molar-refractivity contribution in [3.8, 4) is 0 Å². The number of carboxylic acid groups (broad SMARTS) is 1. The second-order valence-corrected chi connectivity index (χ2v) is 5.31. The van der Waals surface area contributed by atoms with E-state index >= 15 is 0 Å². The van der Waals surface area contributed by atoms with Crippen LogP contribution in [0.5, 0.6) is 0 Å². The van der Waals surface area contributed by atoms with Crippen molar-refractivity contribution in [2.45, 2.75) is 23.5 Å². The molecule has 1 atom stereocenters. The second-order valence-electron chi connectivity index (χ2n) is 3.21. The fourth-order valence-corrected chi connectivity index (χ4v) is 2.97. The highest BCUT2D eigenvalue weighted by Gasteiger charge is 2.34. The summed E-state index contributed by atoms with van der Waals surface area (Å²) in [5, 5.41) is 7.15. The van der Waals surface area contributed by atoms with Crippen LogP contribution in [0.15, 0.2) is 29.2 Å². The molecule has 0 saturated carbocycles. The Labute approximate surface area is 92.6 Å². The van der Waals surface area contributed by atoms with Crippen LogP contribution in [0, 0.1) is 5.82 Å². The minimum absolute atomic E-state index is 0.105. The molecule has 1 aromatic rings. The van der Waals surface area contributed by atoms with Gasteiger partial charge in [0.15, 0.2) is 15.1 Å². The molecule has 1 rings (SSSR count). The average Bonchev–Trinajstić information content (AvgIpc) is 2.17. The summed E-state index contributed by atoms with van der Waals surface area (Å²) in [7, 11) is -4.16. The molecule has 88 valence electrons. The lowest BCUT2D eigenvalue weighted by Gasteiger charge is -2.11. The van der Waals surface area contributed by atoms with E-state index in [9.17, 15) is 17.6 Å². The maximum atomic E-state index is 13.3. The molecule has 0 aromatic heterocycles. The predicted molar refractivity (Wildman–Crippen MR) is 55.3 cm³/mol. The van der Waals surface area contributed by atoms with Gasteiger partial charge in [-0.2, -0.15) is 0 Å². The Balaban J connectivity index is 3.32. The molecule has 0 radical (unpaired) electrons. The van der Waals surface area contributed by atoms with E-state index in [1.165, 1.54) is 19.1 Å². The molecule has 0 bridgehead atoms. The Morgan fingerprint density at radius 1 is 1.44 bits per heavy atom. The van der Waals surface area contributed by atoms with Gasteiger partial charge < -0.3 is 5.11 Å². The molecule has 1 unspecified atom stereocenters. The van der Waals surface area contributed by atoms with E-state index in [-0.39, 0.29) is 6.42 Å². The highest BCUT2D eigenvalue weighted by Crippen LogP contribution is 2.21. The number of hydrogen-bond donors (Lipinski definition) is 1. The number of carboxylic acids is 1. The highest BCUT2D eigenvalue weighted by molar-refractivity contribution is 7.92. The molecule has 16 heavy (non-hydrogen) atoms. The Kier molecular flexibility index (Phi) is 3.64. The van der Waals surface area contributed by atoms with Crippen molar-refractivity contribution in [2.24, 2.45) is 0 Å². The summed E-state index contributed by atoms with van der Waals surface area (Å²) in [6.07, 6.45) is -0.105. The van der Waals surface area contributed by atoms with Crippen molar-refractivity contribution >= 4 is 15.8 Å². The number of halogens is 1. The number of benzene rings is 1.